The molecule has 1 aliphatic rings. The molecule has 1 saturated heterocycles. The number of nitrogens with one attached hydrogen (secondary N) is 1. The molecule has 1 unspecified atom stereocenters. The Bertz CT molecular complexity index is 924. The summed E-state index contributed by atoms with van der Waals surface area (Å²) in [7, 11) is -2.11. The fourth-order valence-electron chi connectivity index (χ4n) is 3.57. The average Bonchev–Trinajstić information content (AvgIpc) is 2.73. The minimum absolute atomic E-state index is 0.132. The molecule has 0 aliphatic carbocycles. The van der Waals surface area contributed by atoms with Crippen LogP contribution in [-0.2, 0) is 21.4 Å². The summed E-state index contributed by atoms with van der Waals surface area (Å²) in [5.74, 6) is 0.474. The molecule has 0 radical (unpaired) electrons. The molecule has 1 N–H and O–H groups in total. The molecule has 1 atom stereocenters. The molecule has 156 valence electrons. The molecule has 0 spiro atoms. The third-order valence-corrected chi connectivity index (χ3v) is 7.24. The molecule has 29 heavy (non-hydrogen) atoms. The summed E-state index contributed by atoms with van der Waals surface area (Å²) in [5, 5.41) is 2.92. The zero-order chi connectivity index (χ0) is 20.9. The maximum absolute atomic E-state index is 13.1. The van der Waals surface area contributed by atoms with Crippen LogP contribution in [0, 0.1) is 6.92 Å². The van der Waals surface area contributed by atoms with E-state index in [1.165, 1.54) is 9.87 Å². The highest BCUT2D eigenvalue weighted by Gasteiger charge is 2.34. The Morgan fingerprint density at radius 1 is 1.10 bits per heavy atom. The minimum atomic E-state index is -3.66. The number of piperidine rings is 1. The molecule has 0 saturated carbocycles. The van der Waals surface area contributed by atoms with Gasteiger partial charge in [-0.1, -0.05) is 36.2 Å². The molecule has 2 aromatic rings. The number of methoxy groups -OCH3 is 1. The van der Waals surface area contributed by atoms with Gasteiger partial charge in [-0.25, -0.2) is 8.42 Å². The second-order valence-electron chi connectivity index (χ2n) is 7.41. The van der Waals surface area contributed by atoms with Crippen LogP contribution in [0.3, 0.4) is 0 Å². The second kappa shape index (κ2) is 9.41. The van der Waals surface area contributed by atoms with Gasteiger partial charge < -0.3 is 10.1 Å². The summed E-state index contributed by atoms with van der Waals surface area (Å²) in [5.41, 5.74) is 2.19. The van der Waals surface area contributed by atoms with Crippen molar-refractivity contribution in [3.8, 4) is 5.75 Å². The van der Waals surface area contributed by atoms with Crippen LogP contribution in [0.4, 0.5) is 0 Å². The van der Waals surface area contributed by atoms with Crippen molar-refractivity contribution in [3.05, 3.63) is 59.7 Å². The van der Waals surface area contributed by atoms with Gasteiger partial charge in [-0.2, -0.15) is 4.31 Å². The number of aryl methyl sites for hydroxylation is 1. The van der Waals surface area contributed by atoms with Gasteiger partial charge in [-0.05, 0) is 49.6 Å². The third-order valence-electron chi connectivity index (χ3n) is 5.27. The van der Waals surface area contributed by atoms with Gasteiger partial charge in [0.1, 0.15) is 5.75 Å². The van der Waals surface area contributed by atoms with Gasteiger partial charge in [0, 0.05) is 25.6 Å². The van der Waals surface area contributed by atoms with E-state index in [1.54, 1.807) is 31.4 Å². The van der Waals surface area contributed by atoms with Gasteiger partial charge in [-0.15, -0.1) is 0 Å². The Labute approximate surface area is 172 Å². The van der Waals surface area contributed by atoms with Gasteiger partial charge in [-0.3, -0.25) is 4.79 Å². The van der Waals surface area contributed by atoms with Crippen molar-refractivity contribution in [2.45, 2.75) is 50.1 Å². The first kappa shape index (κ1) is 21.3. The SMILES string of the molecule is COc1ccc(S(=O)(=O)N2CCCCC2CC(=O)NCc2ccc(C)cc2)cc1. The maximum atomic E-state index is 13.1. The van der Waals surface area contributed by atoms with Gasteiger partial charge in [0.25, 0.3) is 0 Å². The van der Waals surface area contributed by atoms with Crippen molar-refractivity contribution >= 4 is 15.9 Å². The first-order valence-corrected chi connectivity index (χ1v) is 11.3. The summed E-state index contributed by atoms with van der Waals surface area (Å²) in [6, 6.07) is 14.0. The number of hydrogen-bond acceptors (Lipinski definition) is 4. The molecule has 1 amide bonds. The quantitative estimate of drug-likeness (QED) is 0.752. The van der Waals surface area contributed by atoms with E-state index >= 15 is 0 Å². The standard InChI is InChI=1S/C22H28N2O4S/c1-17-6-8-18(9-7-17)16-23-22(25)15-19-5-3-4-14-24(19)29(26,27)21-12-10-20(28-2)11-13-21/h6-13,19H,3-5,14-16H2,1-2H3,(H,23,25). The van der Waals surface area contributed by atoms with Gasteiger partial charge >= 0.3 is 0 Å². The van der Waals surface area contributed by atoms with Crippen LogP contribution >= 0.6 is 0 Å². The van der Waals surface area contributed by atoms with Crippen LogP contribution in [0.15, 0.2) is 53.4 Å². The molecular weight excluding hydrogens is 388 g/mol. The lowest BCUT2D eigenvalue weighted by atomic mass is 10.0. The fraction of sp³-hybridized carbons (Fsp3) is 0.409. The summed E-state index contributed by atoms with van der Waals surface area (Å²) >= 11 is 0. The highest BCUT2D eigenvalue weighted by Crippen LogP contribution is 2.28. The van der Waals surface area contributed by atoms with E-state index in [2.05, 4.69) is 5.32 Å². The fourth-order valence-corrected chi connectivity index (χ4v) is 5.26. The number of nitrogens with zero attached hydrogens (tertiary/aromatic N) is 1. The van der Waals surface area contributed by atoms with Crippen molar-refractivity contribution in [1.29, 1.82) is 0 Å². The Hall–Kier alpha value is -2.38. The number of carbonyl (C=O) groups excluding carboxylic acids is 1. The van der Waals surface area contributed by atoms with Crippen molar-refractivity contribution < 1.29 is 17.9 Å². The second-order valence-corrected chi connectivity index (χ2v) is 9.30. The summed E-state index contributed by atoms with van der Waals surface area (Å²) < 4.78 is 32.9. The Balaban J connectivity index is 1.66. The number of amides is 1. The predicted octanol–water partition coefficient (Wildman–Crippen LogP) is 3.25. The van der Waals surface area contributed by atoms with Crippen molar-refractivity contribution in [3.63, 3.8) is 0 Å². The van der Waals surface area contributed by atoms with Gasteiger partial charge in [0.2, 0.25) is 15.9 Å². The molecule has 7 heteroatoms. The molecule has 1 aliphatic heterocycles. The van der Waals surface area contributed by atoms with Crippen LogP contribution in [-0.4, -0.2) is 38.3 Å². The zero-order valence-electron chi connectivity index (χ0n) is 16.9. The molecule has 1 heterocycles. The molecule has 2 aromatic carbocycles. The summed E-state index contributed by atoms with van der Waals surface area (Å²) in [4.78, 5) is 12.7. The average molecular weight is 417 g/mol. The molecular formula is C22H28N2O4S. The number of rotatable bonds is 7. The number of hydrogen-bond donors (Lipinski definition) is 1. The lowest BCUT2D eigenvalue weighted by Crippen LogP contribution is -2.45. The van der Waals surface area contributed by atoms with E-state index in [-0.39, 0.29) is 23.3 Å². The van der Waals surface area contributed by atoms with E-state index in [1.807, 2.05) is 31.2 Å². The van der Waals surface area contributed by atoms with E-state index in [0.29, 0.717) is 25.3 Å². The number of benzene rings is 2. The number of sulfonamides is 1. The molecule has 6 nitrogen and oxygen atoms in total. The molecule has 3 rings (SSSR count). The van der Waals surface area contributed by atoms with Crippen molar-refractivity contribution in [1.82, 2.24) is 9.62 Å². The minimum Gasteiger partial charge on any atom is -0.497 e. The molecule has 0 bridgehead atoms. The van der Waals surface area contributed by atoms with Gasteiger partial charge in [0.05, 0.1) is 12.0 Å². The normalized spacial score (nSPS) is 17.7. The lowest BCUT2D eigenvalue weighted by molar-refractivity contribution is -0.122. The van der Waals surface area contributed by atoms with Crippen LogP contribution < -0.4 is 10.1 Å². The number of ether oxygens (including phenoxy) is 1. The largest absolute Gasteiger partial charge is 0.497 e. The summed E-state index contributed by atoms with van der Waals surface area (Å²) in [6.45, 7) is 2.89. The first-order chi connectivity index (χ1) is 13.9. The van der Waals surface area contributed by atoms with E-state index < -0.39 is 10.0 Å². The zero-order valence-corrected chi connectivity index (χ0v) is 17.7. The lowest BCUT2D eigenvalue weighted by Gasteiger charge is -2.34. The van der Waals surface area contributed by atoms with Crippen LogP contribution in [0.25, 0.3) is 0 Å². The van der Waals surface area contributed by atoms with Crippen LogP contribution in [0.1, 0.15) is 36.8 Å². The number of carbonyl (C=O) groups is 1. The van der Waals surface area contributed by atoms with Crippen molar-refractivity contribution in [2.75, 3.05) is 13.7 Å². The maximum Gasteiger partial charge on any atom is 0.243 e. The molecule has 1 fully saturated rings. The van der Waals surface area contributed by atoms with Gasteiger partial charge in [0.15, 0.2) is 0 Å². The Morgan fingerprint density at radius 2 is 1.79 bits per heavy atom. The predicted molar refractivity (Wildman–Crippen MR) is 112 cm³/mol. The first-order valence-electron chi connectivity index (χ1n) is 9.88. The third kappa shape index (κ3) is 5.36. The van der Waals surface area contributed by atoms with E-state index in [9.17, 15) is 13.2 Å². The van der Waals surface area contributed by atoms with Crippen LogP contribution in [0.5, 0.6) is 5.75 Å². The summed E-state index contributed by atoms with van der Waals surface area (Å²) in [6.07, 6.45) is 2.58. The Morgan fingerprint density at radius 3 is 2.45 bits per heavy atom. The molecule has 0 aromatic heterocycles. The van der Waals surface area contributed by atoms with Crippen molar-refractivity contribution in [2.24, 2.45) is 0 Å². The van der Waals surface area contributed by atoms with Crippen LogP contribution in [0.2, 0.25) is 0 Å². The van der Waals surface area contributed by atoms with E-state index in [4.69, 9.17) is 4.74 Å². The highest BCUT2D eigenvalue weighted by molar-refractivity contribution is 7.89. The Kier molecular flexibility index (Phi) is 6.92. The van der Waals surface area contributed by atoms with E-state index in [0.717, 1.165) is 18.4 Å². The smallest absolute Gasteiger partial charge is 0.243 e. The highest BCUT2D eigenvalue weighted by atomic mass is 32.2. The topological polar surface area (TPSA) is 75.7 Å². The monoisotopic (exact) mass is 416 g/mol.